The summed E-state index contributed by atoms with van der Waals surface area (Å²) in [5.74, 6) is -0.0504. The van der Waals surface area contributed by atoms with Crippen molar-refractivity contribution >= 4 is 42.3 Å². The second kappa shape index (κ2) is 12.5. The van der Waals surface area contributed by atoms with Crippen molar-refractivity contribution in [2.45, 2.75) is 45.1 Å². The SMILES string of the molecule is Cc1cccc(C(=O)NC(CN)C2CCCCC2)c1NC(=O)c1ccncc1.Cl.Cl. The summed E-state index contributed by atoms with van der Waals surface area (Å²) in [6.07, 6.45) is 8.96. The molecule has 4 N–H and O–H groups in total. The molecular weight excluding hydrogens is 423 g/mol. The first-order valence-corrected chi connectivity index (χ1v) is 9.92. The molecule has 0 radical (unpaired) electrons. The fourth-order valence-corrected chi connectivity index (χ4v) is 3.86. The normalized spacial score (nSPS) is 14.6. The molecule has 6 nitrogen and oxygen atoms in total. The highest BCUT2D eigenvalue weighted by molar-refractivity contribution is 6.09. The van der Waals surface area contributed by atoms with Crippen LogP contribution in [0, 0.1) is 12.8 Å². The van der Waals surface area contributed by atoms with Crippen molar-refractivity contribution in [2.75, 3.05) is 11.9 Å². The summed E-state index contributed by atoms with van der Waals surface area (Å²) >= 11 is 0. The second-order valence-electron chi connectivity index (χ2n) is 7.40. The molecule has 3 rings (SSSR count). The van der Waals surface area contributed by atoms with Crippen molar-refractivity contribution in [2.24, 2.45) is 11.7 Å². The molecule has 1 aromatic heterocycles. The van der Waals surface area contributed by atoms with Gasteiger partial charge in [-0.25, -0.2) is 0 Å². The number of nitrogens with two attached hydrogens (primary N) is 1. The van der Waals surface area contributed by atoms with E-state index in [0.29, 0.717) is 29.3 Å². The van der Waals surface area contributed by atoms with Gasteiger partial charge in [-0.05, 0) is 49.4 Å². The maximum absolute atomic E-state index is 13.0. The van der Waals surface area contributed by atoms with Gasteiger partial charge in [-0.1, -0.05) is 31.4 Å². The predicted octanol–water partition coefficient (Wildman–Crippen LogP) is 4.12. The van der Waals surface area contributed by atoms with Crippen molar-refractivity contribution in [1.29, 1.82) is 0 Å². The van der Waals surface area contributed by atoms with E-state index in [1.54, 1.807) is 30.6 Å². The van der Waals surface area contributed by atoms with E-state index >= 15 is 0 Å². The lowest BCUT2D eigenvalue weighted by Gasteiger charge is -2.30. The average Bonchev–Trinajstić information content (AvgIpc) is 2.74. The second-order valence-corrected chi connectivity index (χ2v) is 7.40. The molecule has 1 atom stereocenters. The predicted molar refractivity (Wildman–Crippen MR) is 125 cm³/mol. The van der Waals surface area contributed by atoms with Crippen molar-refractivity contribution in [1.82, 2.24) is 10.3 Å². The number of aryl methyl sites for hydroxylation is 1. The largest absolute Gasteiger partial charge is 0.348 e. The van der Waals surface area contributed by atoms with Gasteiger partial charge in [0.1, 0.15) is 0 Å². The van der Waals surface area contributed by atoms with Crippen LogP contribution in [0.3, 0.4) is 0 Å². The molecule has 1 aromatic carbocycles. The molecule has 0 spiro atoms. The zero-order chi connectivity index (χ0) is 19.9. The number of rotatable bonds is 6. The molecule has 1 saturated carbocycles. The molecule has 164 valence electrons. The number of carbonyl (C=O) groups is 2. The monoisotopic (exact) mass is 452 g/mol. The van der Waals surface area contributed by atoms with Gasteiger partial charge < -0.3 is 16.4 Å². The van der Waals surface area contributed by atoms with E-state index in [4.69, 9.17) is 5.73 Å². The third kappa shape index (κ3) is 6.42. The van der Waals surface area contributed by atoms with Crippen molar-refractivity contribution < 1.29 is 9.59 Å². The Hall–Kier alpha value is -2.15. The highest BCUT2D eigenvalue weighted by Gasteiger charge is 2.25. The van der Waals surface area contributed by atoms with Crippen LogP contribution in [0.1, 0.15) is 58.4 Å². The number of halogens is 2. The van der Waals surface area contributed by atoms with E-state index in [9.17, 15) is 9.59 Å². The fraction of sp³-hybridized carbons (Fsp3) is 0.409. The summed E-state index contributed by atoms with van der Waals surface area (Å²) in [6, 6.07) is 8.67. The standard InChI is InChI=1S/C22H28N4O2.2ClH/c1-15-6-5-9-18(20(15)26-21(27)17-10-12-24-13-11-17)22(28)25-19(14-23)16-7-3-2-4-8-16;;/h5-6,9-13,16,19H,2-4,7-8,14,23H2,1H3,(H,25,28)(H,26,27);2*1H. The summed E-state index contributed by atoms with van der Waals surface area (Å²) in [6.45, 7) is 2.29. The Bertz CT molecular complexity index is 827. The minimum atomic E-state index is -0.270. The van der Waals surface area contributed by atoms with E-state index in [1.807, 2.05) is 19.1 Å². The van der Waals surface area contributed by atoms with Crippen LogP contribution >= 0.6 is 24.8 Å². The number of nitrogens with zero attached hydrogens (tertiary/aromatic N) is 1. The van der Waals surface area contributed by atoms with Gasteiger partial charge in [0.2, 0.25) is 0 Å². The Kier molecular flexibility index (Phi) is 10.8. The molecule has 2 amide bonds. The van der Waals surface area contributed by atoms with Gasteiger partial charge in [-0.3, -0.25) is 14.6 Å². The minimum Gasteiger partial charge on any atom is -0.348 e. The Morgan fingerprint density at radius 1 is 1.07 bits per heavy atom. The number of aromatic nitrogens is 1. The lowest BCUT2D eigenvalue weighted by Crippen LogP contribution is -2.46. The van der Waals surface area contributed by atoms with Crippen LogP contribution in [-0.2, 0) is 0 Å². The van der Waals surface area contributed by atoms with Gasteiger partial charge in [0, 0.05) is 30.5 Å². The van der Waals surface area contributed by atoms with Gasteiger partial charge in [0.15, 0.2) is 0 Å². The number of para-hydroxylation sites is 1. The number of anilines is 1. The van der Waals surface area contributed by atoms with Crippen LogP contribution in [-0.4, -0.2) is 29.4 Å². The van der Waals surface area contributed by atoms with E-state index in [-0.39, 0.29) is 42.7 Å². The lowest BCUT2D eigenvalue weighted by atomic mass is 9.83. The zero-order valence-corrected chi connectivity index (χ0v) is 18.7. The van der Waals surface area contributed by atoms with Crippen molar-refractivity contribution in [3.05, 3.63) is 59.4 Å². The number of carbonyl (C=O) groups excluding carboxylic acids is 2. The molecule has 1 aliphatic rings. The van der Waals surface area contributed by atoms with Crippen LogP contribution in [0.15, 0.2) is 42.7 Å². The third-order valence-corrected chi connectivity index (χ3v) is 5.49. The number of amides is 2. The molecule has 0 bridgehead atoms. The Balaban J connectivity index is 0.00000225. The maximum Gasteiger partial charge on any atom is 0.255 e. The quantitative estimate of drug-likeness (QED) is 0.613. The summed E-state index contributed by atoms with van der Waals surface area (Å²) in [5, 5.41) is 6.00. The smallest absolute Gasteiger partial charge is 0.255 e. The van der Waals surface area contributed by atoms with Gasteiger partial charge in [-0.15, -0.1) is 24.8 Å². The number of benzene rings is 1. The van der Waals surface area contributed by atoms with E-state index in [0.717, 1.165) is 18.4 Å². The topological polar surface area (TPSA) is 97.1 Å². The summed E-state index contributed by atoms with van der Waals surface area (Å²) in [7, 11) is 0. The highest BCUT2D eigenvalue weighted by atomic mass is 35.5. The summed E-state index contributed by atoms with van der Waals surface area (Å²) in [5.41, 5.74) is 8.27. The molecule has 1 unspecified atom stereocenters. The first kappa shape index (κ1) is 25.9. The van der Waals surface area contributed by atoms with Crippen LogP contribution in [0.2, 0.25) is 0 Å². The number of pyridine rings is 1. The maximum atomic E-state index is 13.0. The van der Waals surface area contributed by atoms with E-state index in [2.05, 4.69) is 15.6 Å². The molecule has 0 aliphatic heterocycles. The van der Waals surface area contributed by atoms with Gasteiger partial charge in [0.25, 0.3) is 11.8 Å². The number of hydrogen-bond acceptors (Lipinski definition) is 4. The first-order valence-electron chi connectivity index (χ1n) is 9.92. The van der Waals surface area contributed by atoms with E-state index in [1.165, 1.54) is 19.3 Å². The van der Waals surface area contributed by atoms with Gasteiger partial charge >= 0.3 is 0 Å². The molecular formula is C22H30Cl2N4O2. The van der Waals surface area contributed by atoms with Crippen LogP contribution < -0.4 is 16.4 Å². The molecule has 30 heavy (non-hydrogen) atoms. The molecule has 1 fully saturated rings. The van der Waals surface area contributed by atoms with Crippen molar-refractivity contribution in [3.63, 3.8) is 0 Å². The van der Waals surface area contributed by atoms with Crippen LogP contribution in [0.25, 0.3) is 0 Å². The lowest BCUT2D eigenvalue weighted by molar-refractivity contribution is 0.0916. The van der Waals surface area contributed by atoms with Gasteiger partial charge in [0.05, 0.1) is 11.3 Å². The Morgan fingerprint density at radius 2 is 1.73 bits per heavy atom. The fourth-order valence-electron chi connectivity index (χ4n) is 3.86. The summed E-state index contributed by atoms with van der Waals surface area (Å²) in [4.78, 5) is 29.5. The van der Waals surface area contributed by atoms with Crippen LogP contribution in [0.4, 0.5) is 5.69 Å². The third-order valence-electron chi connectivity index (χ3n) is 5.49. The van der Waals surface area contributed by atoms with Gasteiger partial charge in [-0.2, -0.15) is 0 Å². The van der Waals surface area contributed by atoms with Crippen LogP contribution in [0.5, 0.6) is 0 Å². The van der Waals surface area contributed by atoms with Crippen molar-refractivity contribution in [3.8, 4) is 0 Å². The Labute approximate surface area is 190 Å². The molecule has 2 aromatic rings. The molecule has 0 saturated heterocycles. The average molecular weight is 453 g/mol. The Morgan fingerprint density at radius 3 is 2.37 bits per heavy atom. The minimum absolute atomic E-state index is 0. The molecule has 8 heteroatoms. The summed E-state index contributed by atoms with van der Waals surface area (Å²) < 4.78 is 0. The van der Waals surface area contributed by atoms with E-state index < -0.39 is 0 Å². The number of hydrogen-bond donors (Lipinski definition) is 3. The molecule has 1 heterocycles. The highest BCUT2D eigenvalue weighted by Crippen LogP contribution is 2.27. The first-order chi connectivity index (χ1) is 13.6. The zero-order valence-electron chi connectivity index (χ0n) is 17.1. The molecule has 1 aliphatic carbocycles. The number of nitrogens with one attached hydrogen (secondary N) is 2.